The van der Waals surface area contributed by atoms with E-state index in [0.717, 1.165) is 42.1 Å². The van der Waals surface area contributed by atoms with E-state index in [1.54, 1.807) is 13.1 Å². The maximum absolute atomic E-state index is 12.5. The molecule has 1 saturated heterocycles. The summed E-state index contributed by atoms with van der Waals surface area (Å²) in [4.78, 5) is 42.7. The van der Waals surface area contributed by atoms with Gasteiger partial charge in [0.2, 0.25) is 5.91 Å². The zero-order valence-corrected chi connectivity index (χ0v) is 22.7. The third-order valence-corrected chi connectivity index (χ3v) is 8.37. The van der Waals surface area contributed by atoms with Crippen LogP contribution in [-0.2, 0) is 27.2 Å². The van der Waals surface area contributed by atoms with Crippen molar-refractivity contribution in [2.75, 3.05) is 49.3 Å². The highest BCUT2D eigenvalue weighted by atomic mass is 32.2. The second kappa shape index (κ2) is 11.2. The number of cyclic esters (lactones) is 1. The van der Waals surface area contributed by atoms with Gasteiger partial charge in [-0.2, -0.15) is 0 Å². The number of pyridine rings is 1. The number of aromatic nitrogens is 1. The van der Waals surface area contributed by atoms with Gasteiger partial charge in [-0.05, 0) is 92.6 Å². The Morgan fingerprint density at radius 2 is 2.08 bits per heavy atom. The summed E-state index contributed by atoms with van der Waals surface area (Å²) in [6, 6.07) is 5.71. The van der Waals surface area contributed by atoms with Crippen LogP contribution in [0.5, 0.6) is 5.75 Å². The Kier molecular flexibility index (Phi) is 7.75. The fourth-order valence-electron chi connectivity index (χ4n) is 5.26. The molecule has 3 heterocycles. The molecule has 3 amide bonds. The SMILES string of the molecule is CNC(=O)COc1cc(C)c2c(c1C)CC(CNCCC1CN(c3ccc4c(n3)NC(=O)CS4)C(=O)O1)C2. The Balaban J connectivity index is 1.10. The zero-order chi connectivity index (χ0) is 26.8. The molecule has 2 unspecified atom stereocenters. The van der Waals surface area contributed by atoms with Crippen molar-refractivity contribution < 1.29 is 23.9 Å². The van der Waals surface area contributed by atoms with E-state index >= 15 is 0 Å². The first-order valence-electron chi connectivity index (χ1n) is 12.9. The summed E-state index contributed by atoms with van der Waals surface area (Å²) in [7, 11) is 1.60. The molecule has 11 heteroatoms. The van der Waals surface area contributed by atoms with Crippen LogP contribution < -0.4 is 25.6 Å². The summed E-state index contributed by atoms with van der Waals surface area (Å²) in [6.45, 7) is 6.22. The summed E-state index contributed by atoms with van der Waals surface area (Å²) in [6.07, 6.45) is 2.05. The van der Waals surface area contributed by atoms with E-state index in [0.29, 0.717) is 36.3 Å². The summed E-state index contributed by atoms with van der Waals surface area (Å²) < 4.78 is 11.4. The van der Waals surface area contributed by atoms with Crippen LogP contribution >= 0.6 is 11.8 Å². The standard InChI is InChI=1S/C27H33N5O5S/c1-15-8-21(36-13-24(33)28-3)16(2)20-10-17(9-19(15)20)11-29-7-6-18-12-32(27(35)37-18)23-5-4-22-26(30-23)31-25(34)14-38-22/h4-5,8,17-18,29H,6-7,9-14H2,1-3H3,(H,28,33)(H,30,31,34). The number of rotatable bonds is 9. The highest BCUT2D eigenvalue weighted by Crippen LogP contribution is 2.37. The molecule has 0 bridgehead atoms. The molecule has 5 rings (SSSR count). The highest BCUT2D eigenvalue weighted by molar-refractivity contribution is 8.00. The maximum atomic E-state index is 12.5. The summed E-state index contributed by atoms with van der Waals surface area (Å²) in [5.74, 6) is 2.37. The van der Waals surface area contributed by atoms with Crippen molar-refractivity contribution >= 4 is 41.3 Å². The number of amides is 3. The first-order chi connectivity index (χ1) is 18.3. The quantitative estimate of drug-likeness (QED) is 0.416. The summed E-state index contributed by atoms with van der Waals surface area (Å²) in [5, 5.41) is 8.89. The molecule has 2 aliphatic heterocycles. The Morgan fingerprint density at radius 1 is 1.26 bits per heavy atom. The van der Waals surface area contributed by atoms with Crippen LogP contribution in [0, 0.1) is 19.8 Å². The van der Waals surface area contributed by atoms with E-state index in [4.69, 9.17) is 9.47 Å². The predicted octanol–water partition coefficient (Wildman–Crippen LogP) is 2.59. The average Bonchev–Trinajstić information content (AvgIpc) is 3.51. The smallest absolute Gasteiger partial charge is 0.415 e. The molecular formula is C27H33N5O5S. The van der Waals surface area contributed by atoms with Crippen molar-refractivity contribution in [2.24, 2.45) is 5.92 Å². The lowest BCUT2D eigenvalue weighted by Gasteiger charge is -2.18. The van der Waals surface area contributed by atoms with Gasteiger partial charge < -0.3 is 25.4 Å². The van der Waals surface area contributed by atoms with Gasteiger partial charge in [0.1, 0.15) is 23.5 Å². The number of thioether (sulfide) groups is 1. The van der Waals surface area contributed by atoms with Gasteiger partial charge in [-0.25, -0.2) is 9.78 Å². The van der Waals surface area contributed by atoms with Gasteiger partial charge in [0.15, 0.2) is 6.61 Å². The minimum absolute atomic E-state index is 0.0158. The Morgan fingerprint density at radius 3 is 2.89 bits per heavy atom. The lowest BCUT2D eigenvalue weighted by Crippen LogP contribution is -2.29. The second-order valence-corrected chi connectivity index (χ2v) is 11.0. The van der Waals surface area contributed by atoms with Crippen LogP contribution in [0.1, 0.15) is 28.7 Å². The van der Waals surface area contributed by atoms with E-state index in [2.05, 4.69) is 34.8 Å². The number of hydrogen-bond acceptors (Lipinski definition) is 8. The first-order valence-corrected chi connectivity index (χ1v) is 13.9. The minimum atomic E-state index is -0.413. The highest BCUT2D eigenvalue weighted by Gasteiger charge is 2.34. The number of nitrogens with zero attached hydrogens (tertiary/aromatic N) is 2. The maximum Gasteiger partial charge on any atom is 0.415 e. The molecule has 1 aliphatic carbocycles. The summed E-state index contributed by atoms with van der Waals surface area (Å²) in [5.41, 5.74) is 5.03. The van der Waals surface area contributed by atoms with Gasteiger partial charge in [0, 0.05) is 7.05 Å². The van der Waals surface area contributed by atoms with Crippen LogP contribution in [0.25, 0.3) is 0 Å². The number of benzene rings is 1. The Bertz CT molecular complexity index is 1270. The normalized spacial score (nSPS) is 20.0. The number of nitrogens with one attached hydrogen (secondary N) is 3. The van der Waals surface area contributed by atoms with Crippen molar-refractivity contribution in [1.82, 2.24) is 15.6 Å². The lowest BCUT2D eigenvalue weighted by molar-refractivity contribution is -0.122. The van der Waals surface area contributed by atoms with Gasteiger partial charge in [-0.15, -0.1) is 11.8 Å². The topological polar surface area (TPSA) is 122 Å². The predicted molar refractivity (Wildman–Crippen MR) is 145 cm³/mol. The number of ether oxygens (including phenoxy) is 2. The van der Waals surface area contributed by atoms with Crippen molar-refractivity contribution in [1.29, 1.82) is 0 Å². The fourth-order valence-corrected chi connectivity index (χ4v) is 6.01. The Hall–Kier alpha value is -3.31. The van der Waals surface area contributed by atoms with Crippen molar-refractivity contribution in [2.45, 2.75) is 44.1 Å². The molecule has 202 valence electrons. The van der Waals surface area contributed by atoms with E-state index in [-0.39, 0.29) is 24.5 Å². The van der Waals surface area contributed by atoms with Gasteiger partial charge in [0.05, 0.1) is 17.2 Å². The molecule has 1 aromatic heterocycles. The average molecular weight is 540 g/mol. The third-order valence-electron chi connectivity index (χ3n) is 7.32. The van der Waals surface area contributed by atoms with Crippen LogP contribution in [0.3, 0.4) is 0 Å². The number of hydrogen-bond donors (Lipinski definition) is 3. The number of carbonyl (C=O) groups excluding carboxylic acids is 3. The van der Waals surface area contributed by atoms with Gasteiger partial charge in [-0.1, -0.05) is 0 Å². The van der Waals surface area contributed by atoms with E-state index in [1.807, 2.05) is 12.1 Å². The van der Waals surface area contributed by atoms with Crippen LogP contribution in [0.4, 0.5) is 16.4 Å². The molecule has 3 aliphatic rings. The monoisotopic (exact) mass is 539 g/mol. The van der Waals surface area contributed by atoms with Crippen molar-refractivity contribution in [3.63, 3.8) is 0 Å². The van der Waals surface area contributed by atoms with Crippen molar-refractivity contribution in [3.05, 3.63) is 40.5 Å². The van der Waals surface area contributed by atoms with E-state index in [1.165, 1.54) is 33.4 Å². The lowest BCUT2D eigenvalue weighted by atomic mass is 9.99. The van der Waals surface area contributed by atoms with Gasteiger partial charge in [0.25, 0.3) is 5.91 Å². The fraction of sp³-hybridized carbons (Fsp3) is 0.481. The van der Waals surface area contributed by atoms with E-state index < -0.39 is 6.09 Å². The molecule has 2 aromatic rings. The molecule has 1 fully saturated rings. The molecule has 10 nitrogen and oxygen atoms in total. The van der Waals surface area contributed by atoms with Crippen LogP contribution in [-0.4, -0.2) is 68.0 Å². The number of anilines is 2. The number of fused-ring (bicyclic) bond motifs is 2. The zero-order valence-electron chi connectivity index (χ0n) is 21.9. The molecule has 1 aromatic carbocycles. The number of carbonyl (C=O) groups is 3. The first kappa shape index (κ1) is 26.3. The van der Waals surface area contributed by atoms with Crippen molar-refractivity contribution in [3.8, 4) is 5.75 Å². The molecule has 2 atom stereocenters. The molecule has 38 heavy (non-hydrogen) atoms. The molecule has 0 saturated carbocycles. The second-order valence-electron chi connectivity index (χ2n) is 9.97. The molecule has 0 radical (unpaired) electrons. The largest absolute Gasteiger partial charge is 0.483 e. The third kappa shape index (κ3) is 5.58. The van der Waals surface area contributed by atoms with Crippen LogP contribution in [0.2, 0.25) is 0 Å². The van der Waals surface area contributed by atoms with Crippen LogP contribution in [0.15, 0.2) is 23.1 Å². The number of aryl methyl sites for hydroxylation is 1. The summed E-state index contributed by atoms with van der Waals surface area (Å²) >= 11 is 1.44. The van der Waals surface area contributed by atoms with E-state index in [9.17, 15) is 14.4 Å². The Labute approximate surface area is 226 Å². The number of likely N-dealkylation sites (N-methyl/N-ethyl adjacent to an activating group) is 1. The minimum Gasteiger partial charge on any atom is -0.483 e. The molecule has 3 N–H and O–H groups in total. The van der Waals surface area contributed by atoms with Gasteiger partial charge >= 0.3 is 6.09 Å². The molecular weight excluding hydrogens is 506 g/mol. The van der Waals surface area contributed by atoms with Gasteiger partial charge in [-0.3, -0.25) is 14.5 Å². The molecule has 0 spiro atoms.